The standard InChI is InChI=1S/C42H30N4Si/c1-47(2)38-25-12-7-20-33(38)39-40(47)42(46-36-23-10-5-18-31(36)32-19-6-11-24-37(32)46)44-41(43-39)27-14-13-15-28(26-27)45-34-21-8-3-16-29(34)30-17-4-9-22-35(30)45/h3-26H,1-2H3. The van der Waals surface area contributed by atoms with E-state index in [0.29, 0.717) is 0 Å². The van der Waals surface area contributed by atoms with Gasteiger partial charge >= 0.3 is 0 Å². The Hall–Kier alpha value is -5.78. The van der Waals surface area contributed by atoms with E-state index in [1.54, 1.807) is 0 Å². The van der Waals surface area contributed by atoms with Gasteiger partial charge in [0.05, 0.1) is 27.8 Å². The summed E-state index contributed by atoms with van der Waals surface area (Å²) in [4.78, 5) is 11.0. The maximum Gasteiger partial charge on any atom is 0.162 e. The van der Waals surface area contributed by atoms with E-state index in [1.807, 2.05) is 0 Å². The second-order valence-electron chi connectivity index (χ2n) is 13.1. The Bertz CT molecular complexity index is 2620. The second-order valence-corrected chi connectivity index (χ2v) is 17.3. The van der Waals surface area contributed by atoms with Crippen LogP contribution in [-0.4, -0.2) is 27.2 Å². The third kappa shape index (κ3) is 3.63. The molecule has 0 saturated heterocycles. The molecule has 6 aromatic carbocycles. The Labute approximate surface area is 273 Å². The van der Waals surface area contributed by atoms with Gasteiger partial charge in [-0.05, 0) is 47.1 Å². The summed E-state index contributed by atoms with van der Waals surface area (Å²) in [5.41, 5.74) is 9.11. The first-order chi connectivity index (χ1) is 23.1. The van der Waals surface area contributed by atoms with Crippen molar-refractivity contribution >= 4 is 62.1 Å². The number of fused-ring (bicyclic) bond motifs is 9. The van der Waals surface area contributed by atoms with E-state index in [0.717, 1.165) is 28.6 Å². The maximum atomic E-state index is 5.56. The zero-order valence-electron chi connectivity index (χ0n) is 26.1. The van der Waals surface area contributed by atoms with Crippen molar-refractivity contribution in [1.82, 2.24) is 19.1 Å². The molecule has 0 aliphatic carbocycles. The molecule has 4 heterocycles. The number of nitrogens with zero attached hydrogens (tertiary/aromatic N) is 4. The van der Waals surface area contributed by atoms with E-state index in [-0.39, 0.29) is 0 Å². The van der Waals surface area contributed by atoms with Crippen molar-refractivity contribution in [2.75, 3.05) is 0 Å². The Morgan fingerprint density at radius 2 is 1.00 bits per heavy atom. The molecular formula is C42H30N4Si. The van der Waals surface area contributed by atoms with Crippen LogP contribution in [0.5, 0.6) is 0 Å². The third-order valence-corrected chi connectivity index (χ3v) is 13.6. The van der Waals surface area contributed by atoms with Gasteiger partial charge in [-0.2, -0.15) is 0 Å². The lowest BCUT2D eigenvalue weighted by molar-refractivity contribution is 1.06. The molecule has 0 fully saturated rings. The minimum atomic E-state index is -2.15. The first-order valence-corrected chi connectivity index (χ1v) is 19.2. The Morgan fingerprint density at radius 1 is 0.489 bits per heavy atom. The highest BCUT2D eigenvalue weighted by Gasteiger charge is 2.42. The van der Waals surface area contributed by atoms with Crippen LogP contribution in [0.4, 0.5) is 0 Å². The molecule has 0 radical (unpaired) electrons. The van der Waals surface area contributed by atoms with Crippen molar-refractivity contribution in [2.24, 2.45) is 0 Å². The number of aromatic nitrogens is 4. The topological polar surface area (TPSA) is 35.6 Å². The Morgan fingerprint density at radius 3 is 1.60 bits per heavy atom. The largest absolute Gasteiger partial charge is 0.309 e. The number of benzene rings is 6. The minimum absolute atomic E-state index is 0.740. The highest BCUT2D eigenvalue weighted by atomic mass is 28.3. The molecule has 0 bridgehead atoms. The molecule has 1 aliphatic heterocycles. The summed E-state index contributed by atoms with van der Waals surface area (Å²) in [5, 5.41) is 7.69. The Kier molecular flexibility index (Phi) is 5.41. The molecule has 3 aromatic heterocycles. The summed E-state index contributed by atoms with van der Waals surface area (Å²) in [6.45, 7) is 4.89. The molecule has 222 valence electrons. The van der Waals surface area contributed by atoms with Gasteiger partial charge in [-0.1, -0.05) is 122 Å². The summed E-state index contributed by atoms with van der Waals surface area (Å²) < 4.78 is 4.76. The summed E-state index contributed by atoms with van der Waals surface area (Å²) in [6, 6.07) is 52.3. The van der Waals surface area contributed by atoms with E-state index >= 15 is 0 Å². The van der Waals surface area contributed by atoms with Crippen molar-refractivity contribution < 1.29 is 0 Å². The molecule has 0 atom stereocenters. The van der Waals surface area contributed by atoms with Crippen LogP contribution >= 0.6 is 0 Å². The highest BCUT2D eigenvalue weighted by molar-refractivity contribution is 7.04. The van der Waals surface area contributed by atoms with Gasteiger partial charge in [-0.15, -0.1) is 0 Å². The molecule has 0 amide bonds. The van der Waals surface area contributed by atoms with E-state index in [4.69, 9.17) is 9.97 Å². The van der Waals surface area contributed by atoms with Gasteiger partial charge in [0.2, 0.25) is 0 Å². The van der Waals surface area contributed by atoms with Crippen LogP contribution < -0.4 is 10.4 Å². The van der Waals surface area contributed by atoms with Crippen molar-refractivity contribution in [1.29, 1.82) is 0 Å². The predicted molar refractivity (Wildman–Crippen MR) is 198 cm³/mol. The molecule has 0 N–H and O–H groups in total. The van der Waals surface area contributed by atoms with Gasteiger partial charge < -0.3 is 4.57 Å². The first-order valence-electron chi connectivity index (χ1n) is 16.2. The molecule has 0 spiro atoms. The quantitative estimate of drug-likeness (QED) is 0.185. The lowest BCUT2D eigenvalue weighted by atomic mass is 10.1. The highest BCUT2D eigenvalue weighted by Crippen LogP contribution is 2.37. The maximum absolute atomic E-state index is 5.56. The third-order valence-electron chi connectivity index (χ3n) is 10.1. The SMILES string of the molecule is C[Si]1(C)c2ccccc2-c2nc(-c3cccc(-n4c5ccccc5c5ccccc54)c3)nc(-n3c4ccccc4c4ccccc43)c21. The lowest BCUT2D eigenvalue weighted by Crippen LogP contribution is -2.51. The van der Waals surface area contributed by atoms with Gasteiger partial charge in [-0.3, -0.25) is 4.57 Å². The van der Waals surface area contributed by atoms with Gasteiger partial charge in [0.1, 0.15) is 13.9 Å². The van der Waals surface area contributed by atoms with E-state index in [2.05, 4.69) is 168 Å². The summed E-state index contributed by atoms with van der Waals surface area (Å²) >= 11 is 0. The number of hydrogen-bond donors (Lipinski definition) is 0. The second kappa shape index (κ2) is 9.61. The van der Waals surface area contributed by atoms with E-state index in [1.165, 1.54) is 59.5 Å². The number of hydrogen-bond acceptors (Lipinski definition) is 2. The summed E-state index contributed by atoms with van der Waals surface area (Å²) in [7, 11) is -2.15. The van der Waals surface area contributed by atoms with Crippen LogP contribution in [-0.2, 0) is 0 Å². The van der Waals surface area contributed by atoms with E-state index in [9.17, 15) is 0 Å². The van der Waals surface area contributed by atoms with Gasteiger partial charge in [0, 0.05) is 38.0 Å². The monoisotopic (exact) mass is 618 g/mol. The van der Waals surface area contributed by atoms with Crippen LogP contribution in [0, 0.1) is 0 Å². The molecule has 0 unspecified atom stereocenters. The normalized spacial score (nSPS) is 13.5. The fraction of sp³-hybridized carbons (Fsp3) is 0.0476. The van der Waals surface area contributed by atoms with Crippen LogP contribution in [0.1, 0.15) is 0 Å². The fourth-order valence-electron chi connectivity index (χ4n) is 8.02. The van der Waals surface area contributed by atoms with Gasteiger partial charge in [-0.25, -0.2) is 9.97 Å². The van der Waals surface area contributed by atoms with Gasteiger partial charge in [0.15, 0.2) is 5.82 Å². The summed E-state index contributed by atoms with van der Waals surface area (Å²) in [6.07, 6.45) is 0. The van der Waals surface area contributed by atoms with Crippen molar-refractivity contribution in [3.8, 4) is 34.2 Å². The first kappa shape index (κ1) is 26.4. The average molecular weight is 619 g/mol. The van der Waals surface area contributed by atoms with Crippen LogP contribution in [0.25, 0.3) is 77.8 Å². The molecule has 0 saturated carbocycles. The molecule has 10 rings (SSSR count). The van der Waals surface area contributed by atoms with Crippen molar-refractivity contribution in [3.05, 3.63) is 146 Å². The molecular weight excluding hydrogens is 589 g/mol. The average Bonchev–Trinajstić information content (AvgIpc) is 3.72. The zero-order chi connectivity index (χ0) is 31.3. The van der Waals surface area contributed by atoms with Crippen LogP contribution in [0.2, 0.25) is 13.1 Å². The Balaban J connectivity index is 1.28. The van der Waals surface area contributed by atoms with E-state index < -0.39 is 8.07 Å². The molecule has 5 heteroatoms. The lowest BCUT2D eigenvalue weighted by Gasteiger charge is -2.22. The number of para-hydroxylation sites is 4. The number of rotatable bonds is 3. The molecule has 9 aromatic rings. The van der Waals surface area contributed by atoms with Gasteiger partial charge in [0.25, 0.3) is 0 Å². The van der Waals surface area contributed by atoms with Crippen molar-refractivity contribution in [3.63, 3.8) is 0 Å². The smallest absolute Gasteiger partial charge is 0.162 e. The summed E-state index contributed by atoms with van der Waals surface area (Å²) in [5.74, 6) is 1.74. The molecule has 47 heavy (non-hydrogen) atoms. The minimum Gasteiger partial charge on any atom is -0.309 e. The zero-order valence-corrected chi connectivity index (χ0v) is 27.1. The molecule has 4 nitrogen and oxygen atoms in total. The van der Waals surface area contributed by atoms with Crippen molar-refractivity contribution in [2.45, 2.75) is 13.1 Å². The van der Waals surface area contributed by atoms with Crippen LogP contribution in [0.15, 0.2) is 146 Å². The fourth-order valence-corrected chi connectivity index (χ4v) is 11.2. The molecule has 1 aliphatic rings. The van der Waals surface area contributed by atoms with Crippen LogP contribution in [0.3, 0.4) is 0 Å². The predicted octanol–water partition coefficient (Wildman–Crippen LogP) is 9.14.